The molecule has 0 aromatic carbocycles. The number of aromatic nitrogens is 2. The Labute approximate surface area is 87.1 Å². The van der Waals surface area contributed by atoms with Crippen molar-refractivity contribution >= 4 is 0 Å². The van der Waals surface area contributed by atoms with Crippen LogP contribution in [0.2, 0.25) is 0 Å². The number of hydrogen-bond donors (Lipinski definition) is 2. The van der Waals surface area contributed by atoms with Crippen molar-refractivity contribution in [3.05, 3.63) is 33.1 Å². The molecule has 0 aliphatic carbocycles. The van der Waals surface area contributed by atoms with E-state index in [1.54, 1.807) is 0 Å². The third kappa shape index (κ3) is 2.36. The molecule has 0 bridgehead atoms. The topological polar surface area (TPSA) is 66.9 Å². The van der Waals surface area contributed by atoms with Crippen molar-refractivity contribution in [3.63, 3.8) is 0 Å². The molecule has 0 amide bonds. The molecule has 2 rings (SSSR count). The predicted molar refractivity (Wildman–Crippen MR) is 56.9 cm³/mol. The minimum atomic E-state index is -0.312. The van der Waals surface area contributed by atoms with E-state index in [4.69, 9.17) is 0 Å². The molecule has 0 spiro atoms. The minimum absolute atomic E-state index is 0.218. The van der Waals surface area contributed by atoms with E-state index < -0.39 is 0 Å². The molecule has 2 N–H and O–H groups in total. The van der Waals surface area contributed by atoms with Crippen molar-refractivity contribution in [1.82, 2.24) is 14.9 Å². The summed E-state index contributed by atoms with van der Waals surface area (Å²) in [5.74, 6) is 0.389. The average molecular weight is 209 g/mol. The maximum absolute atomic E-state index is 11.4. The van der Waals surface area contributed by atoms with Crippen LogP contribution in [0.1, 0.15) is 12.8 Å². The van der Waals surface area contributed by atoms with Crippen molar-refractivity contribution in [1.29, 1.82) is 0 Å². The molecule has 15 heavy (non-hydrogen) atoms. The van der Waals surface area contributed by atoms with Crippen LogP contribution in [0.4, 0.5) is 0 Å². The van der Waals surface area contributed by atoms with Crippen LogP contribution in [0.5, 0.6) is 0 Å². The van der Waals surface area contributed by atoms with Crippen LogP contribution in [-0.2, 0) is 6.54 Å². The molecule has 1 aromatic rings. The highest BCUT2D eigenvalue weighted by Crippen LogP contribution is 2.10. The van der Waals surface area contributed by atoms with Gasteiger partial charge in [-0.3, -0.25) is 9.36 Å². The second-order valence-electron chi connectivity index (χ2n) is 3.94. The Morgan fingerprint density at radius 2 is 2.33 bits per heavy atom. The van der Waals surface area contributed by atoms with Crippen molar-refractivity contribution in [2.45, 2.75) is 19.4 Å². The lowest BCUT2D eigenvalue weighted by atomic mass is 10.00. The van der Waals surface area contributed by atoms with Gasteiger partial charge in [-0.1, -0.05) is 0 Å². The van der Waals surface area contributed by atoms with Crippen LogP contribution in [-0.4, -0.2) is 22.6 Å². The highest BCUT2D eigenvalue weighted by atomic mass is 16.2. The van der Waals surface area contributed by atoms with Gasteiger partial charge in [0.25, 0.3) is 5.56 Å². The lowest BCUT2D eigenvalue weighted by molar-refractivity contribution is 0.329. The number of aromatic amines is 1. The molecule has 1 aliphatic heterocycles. The van der Waals surface area contributed by atoms with Gasteiger partial charge in [-0.2, -0.15) is 0 Å². The fourth-order valence-corrected chi connectivity index (χ4v) is 1.96. The smallest absolute Gasteiger partial charge is 0.316 e. The normalized spacial score (nSPS) is 21.5. The fraction of sp³-hybridized carbons (Fsp3) is 0.600. The van der Waals surface area contributed by atoms with Crippen LogP contribution in [0.3, 0.4) is 0 Å². The van der Waals surface area contributed by atoms with E-state index in [0.29, 0.717) is 12.5 Å². The molecule has 1 unspecified atom stereocenters. The van der Waals surface area contributed by atoms with Gasteiger partial charge in [0.1, 0.15) is 0 Å². The molecule has 0 saturated carbocycles. The van der Waals surface area contributed by atoms with E-state index in [0.717, 1.165) is 25.9 Å². The Morgan fingerprint density at radius 3 is 3.00 bits per heavy atom. The summed E-state index contributed by atoms with van der Waals surface area (Å²) in [6.07, 6.45) is 3.58. The number of H-pyrrole nitrogens is 1. The summed E-state index contributed by atoms with van der Waals surface area (Å²) < 4.78 is 1.28. The van der Waals surface area contributed by atoms with Gasteiger partial charge in [-0.25, -0.2) is 4.79 Å². The van der Waals surface area contributed by atoms with E-state index in [9.17, 15) is 9.59 Å². The number of piperidine rings is 1. The first-order valence-electron chi connectivity index (χ1n) is 5.26. The number of nitrogens with one attached hydrogen (secondary N) is 2. The summed E-state index contributed by atoms with van der Waals surface area (Å²) in [6, 6.07) is 1.39. The molecule has 1 aromatic heterocycles. The Balaban J connectivity index is 2.16. The second kappa shape index (κ2) is 4.44. The lowest BCUT2D eigenvalue weighted by Gasteiger charge is -2.22. The third-order valence-corrected chi connectivity index (χ3v) is 2.78. The number of nitrogens with zero attached hydrogens (tertiary/aromatic N) is 1. The molecule has 1 aliphatic rings. The van der Waals surface area contributed by atoms with Crippen molar-refractivity contribution in [3.8, 4) is 0 Å². The van der Waals surface area contributed by atoms with Crippen molar-refractivity contribution in [2.75, 3.05) is 13.1 Å². The van der Waals surface area contributed by atoms with Gasteiger partial charge in [0, 0.05) is 18.8 Å². The molecule has 1 atom stereocenters. The van der Waals surface area contributed by atoms with Crippen molar-refractivity contribution < 1.29 is 0 Å². The summed E-state index contributed by atoms with van der Waals surface area (Å²) in [5, 5.41) is 3.27. The molecule has 1 fully saturated rings. The standard InChI is InChI=1S/C10H15N3O2/c14-9-3-5-12-10(15)13(9)7-8-2-1-4-11-6-8/h3,5,8,11H,1-2,4,6-7H2,(H,12,15). The number of rotatable bonds is 2. The maximum atomic E-state index is 11.4. The zero-order chi connectivity index (χ0) is 10.7. The molecule has 2 heterocycles. The second-order valence-corrected chi connectivity index (χ2v) is 3.94. The Bertz CT molecular complexity index is 401. The quantitative estimate of drug-likeness (QED) is 0.692. The van der Waals surface area contributed by atoms with Crippen LogP contribution in [0.25, 0.3) is 0 Å². The van der Waals surface area contributed by atoms with Gasteiger partial charge in [0.15, 0.2) is 0 Å². The largest absolute Gasteiger partial charge is 0.328 e. The Morgan fingerprint density at radius 1 is 1.47 bits per heavy atom. The first-order chi connectivity index (χ1) is 7.27. The summed E-state index contributed by atoms with van der Waals surface area (Å²) in [6.45, 7) is 2.44. The summed E-state index contributed by atoms with van der Waals surface area (Å²) >= 11 is 0. The van der Waals surface area contributed by atoms with E-state index >= 15 is 0 Å². The third-order valence-electron chi connectivity index (χ3n) is 2.78. The monoisotopic (exact) mass is 209 g/mol. The van der Waals surface area contributed by atoms with Crippen LogP contribution < -0.4 is 16.6 Å². The Kier molecular flexibility index (Phi) is 3.01. The van der Waals surface area contributed by atoms with Gasteiger partial charge in [-0.15, -0.1) is 0 Å². The van der Waals surface area contributed by atoms with Gasteiger partial charge in [0.2, 0.25) is 0 Å². The van der Waals surface area contributed by atoms with Gasteiger partial charge in [-0.05, 0) is 31.8 Å². The Hall–Kier alpha value is -1.36. The zero-order valence-corrected chi connectivity index (χ0v) is 8.53. The summed E-state index contributed by atoms with van der Waals surface area (Å²) in [5.41, 5.74) is -0.530. The molecular formula is C10H15N3O2. The molecular weight excluding hydrogens is 194 g/mol. The van der Waals surface area contributed by atoms with Crippen LogP contribution >= 0.6 is 0 Å². The van der Waals surface area contributed by atoms with Gasteiger partial charge < -0.3 is 10.3 Å². The first-order valence-corrected chi connectivity index (χ1v) is 5.26. The molecule has 82 valence electrons. The highest BCUT2D eigenvalue weighted by molar-refractivity contribution is 4.84. The van der Waals surface area contributed by atoms with Gasteiger partial charge >= 0.3 is 5.69 Å². The lowest BCUT2D eigenvalue weighted by Crippen LogP contribution is -2.40. The van der Waals surface area contributed by atoms with E-state index in [-0.39, 0.29) is 11.2 Å². The average Bonchev–Trinajstić information content (AvgIpc) is 2.25. The molecule has 1 saturated heterocycles. The SMILES string of the molecule is O=c1cc[nH]c(=O)n1CC1CCCNC1. The fourth-order valence-electron chi connectivity index (χ4n) is 1.96. The predicted octanol–water partition coefficient (Wildman–Crippen LogP) is -0.464. The molecule has 5 nitrogen and oxygen atoms in total. The van der Waals surface area contributed by atoms with Crippen LogP contribution in [0.15, 0.2) is 21.9 Å². The van der Waals surface area contributed by atoms with Gasteiger partial charge in [0.05, 0.1) is 0 Å². The summed E-state index contributed by atoms with van der Waals surface area (Å²) in [7, 11) is 0. The highest BCUT2D eigenvalue weighted by Gasteiger charge is 2.14. The van der Waals surface area contributed by atoms with Crippen molar-refractivity contribution in [2.24, 2.45) is 5.92 Å². The number of hydrogen-bond acceptors (Lipinski definition) is 3. The zero-order valence-electron chi connectivity index (χ0n) is 8.53. The summed E-state index contributed by atoms with van der Waals surface area (Å²) in [4.78, 5) is 25.4. The van der Waals surface area contributed by atoms with Crippen LogP contribution in [0, 0.1) is 5.92 Å². The molecule has 5 heteroatoms. The van der Waals surface area contributed by atoms with E-state index in [1.807, 2.05) is 0 Å². The molecule has 0 radical (unpaired) electrons. The minimum Gasteiger partial charge on any atom is -0.316 e. The first kappa shape index (κ1) is 10.2. The van der Waals surface area contributed by atoms with E-state index in [1.165, 1.54) is 16.8 Å². The maximum Gasteiger partial charge on any atom is 0.328 e. The van der Waals surface area contributed by atoms with E-state index in [2.05, 4.69) is 10.3 Å².